The number of rotatable bonds is 5. The third kappa shape index (κ3) is 5.90. The highest BCUT2D eigenvalue weighted by Crippen LogP contribution is 2.18. The first kappa shape index (κ1) is 18.9. The number of hydrogen-bond donors (Lipinski definition) is 1. The van der Waals surface area contributed by atoms with Crippen LogP contribution in [0.3, 0.4) is 0 Å². The van der Waals surface area contributed by atoms with Crippen molar-refractivity contribution in [2.75, 3.05) is 26.7 Å². The van der Waals surface area contributed by atoms with Crippen LogP contribution in [0.15, 0.2) is 29.3 Å². The maximum atomic E-state index is 6.03. The van der Waals surface area contributed by atoms with Crippen molar-refractivity contribution in [2.24, 2.45) is 10.7 Å². The number of piperidine rings is 1. The number of hydrogen-bond acceptors (Lipinski definition) is 3. The van der Waals surface area contributed by atoms with Gasteiger partial charge in [0.15, 0.2) is 5.96 Å². The molecule has 0 saturated carbocycles. The average molecular weight is 419 g/mol. The zero-order chi connectivity index (χ0) is 15.1. The zero-order valence-corrected chi connectivity index (χ0v) is 15.7. The van der Waals surface area contributed by atoms with E-state index in [0.29, 0.717) is 12.5 Å². The second-order valence-corrected chi connectivity index (χ2v) is 5.35. The van der Waals surface area contributed by atoms with E-state index in [1.165, 1.54) is 19.3 Å². The van der Waals surface area contributed by atoms with Crippen LogP contribution in [0.5, 0.6) is 11.5 Å². The number of halogens is 1. The summed E-state index contributed by atoms with van der Waals surface area (Å²) in [7, 11) is 1.65. The Bertz CT molecular complexity index is 459. The van der Waals surface area contributed by atoms with Gasteiger partial charge in [0.1, 0.15) is 17.6 Å². The summed E-state index contributed by atoms with van der Waals surface area (Å²) >= 11 is 0. The van der Waals surface area contributed by atoms with Gasteiger partial charge in [0.25, 0.3) is 0 Å². The van der Waals surface area contributed by atoms with Crippen LogP contribution in [-0.4, -0.2) is 43.7 Å². The first-order valence-corrected chi connectivity index (χ1v) is 7.54. The highest BCUT2D eigenvalue weighted by atomic mass is 127. The highest BCUT2D eigenvalue weighted by molar-refractivity contribution is 14.0. The maximum absolute atomic E-state index is 6.03. The van der Waals surface area contributed by atoms with Crippen LogP contribution in [0.25, 0.3) is 0 Å². The average Bonchev–Trinajstić information content (AvgIpc) is 2.54. The van der Waals surface area contributed by atoms with Crippen molar-refractivity contribution in [3.05, 3.63) is 24.3 Å². The first-order chi connectivity index (χ1) is 10.2. The number of likely N-dealkylation sites (tertiary alicyclic amines) is 1. The Morgan fingerprint density at radius 3 is 2.36 bits per heavy atom. The summed E-state index contributed by atoms with van der Waals surface area (Å²) in [6.07, 6.45) is 3.69. The van der Waals surface area contributed by atoms with Gasteiger partial charge in [0, 0.05) is 13.1 Å². The molecule has 1 heterocycles. The van der Waals surface area contributed by atoms with E-state index in [1.54, 1.807) is 7.11 Å². The van der Waals surface area contributed by atoms with E-state index >= 15 is 0 Å². The molecule has 1 saturated heterocycles. The summed E-state index contributed by atoms with van der Waals surface area (Å²) in [5.74, 6) is 2.28. The fourth-order valence-corrected chi connectivity index (χ4v) is 2.37. The Morgan fingerprint density at radius 2 is 1.77 bits per heavy atom. The summed E-state index contributed by atoms with van der Waals surface area (Å²) in [6.45, 7) is 4.59. The second-order valence-electron chi connectivity index (χ2n) is 5.35. The van der Waals surface area contributed by atoms with Crippen LogP contribution >= 0.6 is 24.0 Å². The predicted molar refractivity (Wildman–Crippen MR) is 100 cm³/mol. The summed E-state index contributed by atoms with van der Waals surface area (Å²) in [5.41, 5.74) is 6.03. The number of nitrogens with zero attached hydrogens (tertiary/aromatic N) is 2. The normalized spacial score (nSPS) is 16.6. The molecule has 1 fully saturated rings. The number of benzene rings is 1. The van der Waals surface area contributed by atoms with Crippen LogP contribution < -0.4 is 15.2 Å². The fraction of sp³-hybridized carbons (Fsp3) is 0.562. The smallest absolute Gasteiger partial charge is 0.191 e. The molecule has 1 aromatic rings. The van der Waals surface area contributed by atoms with E-state index in [9.17, 15) is 0 Å². The van der Waals surface area contributed by atoms with Gasteiger partial charge in [-0.15, -0.1) is 24.0 Å². The third-order valence-electron chi connectivity index (χ3n) is 3.59. The molecule has 22 heavy (non-hydrogen) atoms. The summed E-state index contributed by atoms with van der Waals surface area (Å²) in [4.78, 5) is 6.60. The minimum Gasteiger partial charge on any atom is -0.497 e. The fourth-order valence-electron chi connectivity index (χ4n) is 2.37. The van der Waals surface area contributed by atoms with Gasteiger partial charge >= 0.3 is 0 Å². The molecular formula is C16H26IN3O2. The highest BCUT2D eigenvalue weighted by Gasteiger charge is 2.12. The van der Waals surface area contributed by atoms with Crippen molar-refractivity contribution in [1.82, 2.24) is 4.90 Å². The molecule has 2 rings (SSSR count). The van der Waals surface area contributed by atoms with Gasteiger partial charge in [-0.1, -0.05) is 0 Å². The number of ether oxygens (including phenoxy) is 2. The molecule has 0 aromatic heterocycles. The molecule has 1 aliphatic rings. The van der Waals surface area contributed by atoms with E-state index in [2.05, 4.69) is 9.89 Å². The summed E-state index contributed by atoms with van der Waals surface area (Å²) < 4.78 is 10.9. The van der Waals surface area contributed by atoms with E-state index in [0.717, 1.165) is 24.6 Å². The minimum absolute atomic E-state index is 0. The Labute approximate surface area is 149 Å². The molecule has 1 aliphatic heterocycles. The lowest BCUT2D eigenvalue weighted by molar-refractivity contribution is 0.229. The molecule has 1 unspecified atom stereocenters. The topological polar surface area (TPSA) is 60.1 Å². The van der Waals surface area contributed by atoms with Crippen molar-refractivity contribution in [2.45, 2.75) is 32.3 Å². The monoisotopic (exact) mass is 419 g/mol. The van der Waals surface area contributed by atoms with Crippen LogP contribution in [-0.2, 0) is 0 Å². The van der Waals surface area contributed by atoms with Gasteiger partial charge in [-0.05, 0) is 50.5 Å². The van der Waals surface area contributed by atoms with Crippen LogP contribution in [0, 0.1) is 0 Å². The largest absolute Gasteiger partial charge is 0.497 e. The molecule has 6 heteroatoms. The predicted octanol–water partition coefficient (Wildman–Crippen LogP) is 2.88. The number of nitrogens with two attached hydrogens (primary N) is 1. The van der Waals surface area contributed by atoms with Gasteiger partial charge < -0.3 is 20.1 Å². The van der Waals surface area contributed by atoms with Gasteiger partial charge in [-0.3, -0.25) is 0 Å². The number of methoxy groups -OCH3 is 1. The van der Waals surface area contributed by atoms with Crippen molar-refractivity contribution in [1.29, 1.82) is 0 Å². The van der Waals surface area contributed by atoms with Crippen LogP contribution in [0.4, 0.5) is 0 Å². The van der Waals surface area contributed by atoms with Crippen LogP contribution in [0.1, 0.15) is 26.2 Å². The zero-order valence-electron chi connectivity index (χ0n) is 13.3. The van der Waals surface area contributed by atoms with Gasteiger partial charge in [0.05, 0.1) is 13.7 Å². The minimum atomic E-state index is -0.0123. The molecule has 1 atom stereocenters. The Balaban J connectivity index is 0.00000242. The molecule has 0 radical (unpaired) electrons. The molecule has 0 spiro atoms. The lowest BCUT2D eigenvalue weighted by Gasteiger charge is -2.27. The van der Waals surface area contributed by atoms with Crippen LogP contribution in [0.2, 0.25) is 0 Å². The lowest BCUT2D eigenvalue weighted by Crippen LogP contribution is -2.41. The summed E-state index contributed by atoms with van der Waals surface area (Å²) in [6, 6.07) is 7.56. The SMILES string of the molecule is COc1ccc(OC(C)CN=C(N)N2CCCCC2)cc1.I. The molecule has 5 nitrogen and oxygen atoms in total. The molecule has 2 N–H and O–H groups in total. The Morgan fingerprint density at radius 1 is 1.18 bits per heavy atom. The van der Waals surface area contributed by atoms with E-state index in [4.69, 9.17) is 15.2 Å². The van der Waals surface area contributed by atoms with Gasteiger partial charge in [-0.2, -0.15) is 0 Å². The molecule has 0 bridgehead atoms. The number of guanidine groups is 1. The van der Waals surface area contributed by atoms with Crippen molar-refractivity contribution in [3.8, 4) is 11.5 Å². The second kappa shape index (κ2) is 9.76. The van der Waals surface area contributed by atoms with E-state index < -0.39 is 0 Å². The molecular weight excluding hydrogens is 393 g/mol. The number of aliphatic imine (C=N–C) groups is 1. The van der Waals surface area contributed by atoms with Crippen molar-refractivity contribution < 1.29 is 9.47 Å². The maximum Gasteiger partial charge on any atom is 0.191 e. The molecule has 124 valence electrons. The first-order valence-electron chi connectivity index (χ1n) is 7.54. The van der Waals surface area contributed by atoms with Crippen molar-refractivity contribution in [3.63, 3.8) is 0 Å². The van der Waals surface area contributed by atoms with Gasteiger partial charge in [-0.25, -0.2) is 4.99 Å². The quantitative estimate of drug-likeness (QED) is 0.453. The summed E-state index contributed by atoms with van der Waals surface area (Å²) in [5, 5.41) is 0. The third-order valence-corrected chi connectivity index (χ3v) is 3.59. The molecule has 1 aromatic carbocycles. The molecule has 0 amide bonds. The molecule has 0 aliphatic carbocycles. The van der Waals surface area contributed by atoms with Gasteiger partial charge in [0.2, 0.25) is 0 Å². The lowest BCUT2D eigenvalue weighted by atomic mass is 10.1. The Hall–Kier alpha value is -1.18. The van der Waals surface area contributed by atoms with E-state index in [-0.39, 0.29) is 30.1 Å². The van der Waals surface area contributed by atoms with Crippen molar-refractivity contribution >= 4 is 29.9 Å². The van der Waals surface area contributed by atoms with E-state index in [1.807, 2.05) is 31.2 Å². The Kier molecular flexibility index (Phi) is 8.37. The standard InChI is InChI=1S/C16H25N3O2.HI/c1-13(21-15-8-6-14(20-2)7-9-15)12-18-16(17)19-10-4-3-5-11-19;/h6-9,13H,3-5,10-12H2,1-2H3,(H2,17,18);1H.